The predicted octanol–water partition coefficient (Wildman–Crippen LogP) is 0.672. The predicted molar refractivity (Wildman–Crippen MR) is 44.2 cm³/mol. The van der Waals surface area contributed by atoms with Gasteiger partial charge in [-0.25, -0.2) is 0 Å². The van der Waals surface area contributed by atoms with Crippen molar-refractivity contribution in [3.8, 4) is 0 Å². The minimum Gasteiger partial charge on any atom is -0.384 e. The smallest absolute Gasteiger partial charge is 0.248 e. The normalized spacial score (nSPS) is 15.6. The van der Waals surface area contributed by atoms with Gasteiger partial charge < -0.3 is 10.4 Å². The molecular weight excluding hydrogens is 142 g/mol. The van der Waals surface area contributed by atoms with Crippen LogP contribution in [-0.4, -0.2) is 23.2 Å². The maximum atomic E-state index is 10.9. The number of aliphatic hydroxyl groups is 1. The van der Waals surface area contributed by atoms with Crippen molar-refractivity contribution < 1.29 is 9.90 Å². The Morgan fingerprint density at radius 3 is 2.45 bits per heavy atom. The number of amides is 1. The van der Waals surface area contributed by atoms with Gasteiger partial charge in [0.2, 0.25) is 5.91 Å². The van der Waals surface area contributed by atoms with Crippen LogP contribution in [0.1, 0.15) is 33.6 Å². The highest BCUT2D eigenvalue weighted by Gasteiger charge is 2.10. The second-order valence-electron chi connectivity index (χ2n) is 2.87. The largest absolute Gasteiger partial charge is 0.384 e. The van der Waals surface area contributed by atoms with E-state index in [9.17, 15) is 4.79 Å². The molecule has 0 bridgehead atoms. The lowest BCUT2D eigenvalue weighted by molar-refractivity contribution is -0.129. The molecule has 2 atom stereocenters. The van der Waals surface area contributed by atoms with Gasteiger partial charge in [0.05, 0.1) is 0 Å². The van der Waals surface area contributed by atoms with Crippen molar-refractivity contribution in [2.45, 2.75) is 45.8 Å². The van der Waals surface area contributed by atoms with Crippen molar-refractivity contribution in [2.24, 2.45) is 0 Å². The van der Waals surface area contributed by atoms with E-state index in [2.05, 4.69) is 12.2 Å². The van der Waals surface area contributed by atoms with Crippen LogP contribution in [0.4, 0.5) is 0 Å². The first-order chi connectivity index (χ1) is 5.07. The van der Waals surface area contributed by atoms with E-state index in [0.29, 0.717) is 0 Å². The van der Waals surface area contributed by atoms with Gasteiger partial charge in [0, 0.05) is 6.04 Å². The Morgan fingerprint density at radius 1 is 1.55 bits per heavy atom. The second-order valence-corrected chi connectivity index (χ2v) is 2.87. The molecule has 0 aromatic rings. The fourth-order valence-electron chi connectivity index (χ4n) is 0.869. The molecule has 0 aliphatic carbocycles. The van der Waals surface area contributed by atoms with Crippen LogP contribution in [0, 0.1) is 0 Å². The van der Waals surface area contributed by atoms with Crippen molar-refractivity contribution in [1.82, 2.24) is 5.32 Å². The van der Waals surface area contributed by atoms with Crippen molar-refractivity contribution in [1.29, 1.82) is 0 Å². The van der Waals surface area contributed by atoms with E-state index in [0.717, 1.165) is 12.8 Å². The number of hydrogen-bond acceptors (Lipinski definition) is 2. The van der Waals surface area contributed by atoms with E-state index >= 15 is 0 Å². The Balaban J connectivity index is 3.57. The summed E-state index contributed by atoms with van der Waals surface area (Å²) in [4.78, 5) is 10.9. The fraction of sp³-hybridized carbons (Fsp3) is 0.875. The van der Waals surface area contributed by atoms with E-state index in [4.69, 9.17) is 5.11 Å². The summed E-state index contributed by atoms with van der Waals surface area (Å²) >= 11 is 0. The van der Waals surface area contributed by atoms with Crippen molar-refractivity contribution in [3.63, 3.8) is 0 Å². The molecule has 2 N–H and O–H groups in total. The van der Waals surface area contributed by atoms with Gasteiger partial charge in [0.1, 0.15) is 6.10 Å². The summed E-state index contributed by atoms with van der Waals surface area (Å²) in [5, 5.41) is 11.5. The highest BCUT2D eigenvalue weighted by atomic mass is 16.3. The molecule has 0 rings (SSSR count). The van der Waals surface area contributed by atoms with Crippen LogP contribution in [0.2, 0.25) is 0 Å². The molecule has 0 aliphatic rings. The first-order valence-electron chi connectivity index (χ1n) is 4.06. The number of aliphatic hydroxyl groups excluding tert-OH is 1. The first-order valence-corrected chi connectivity index (χ1v) is 4.06. The maximum absolute atomic E-state index is 10.9. The first kappa shape index (κ1) is 10.4. The van der Waals surface area contributed by atoms with Gasteiger partial charge in [0.15, 0.2) is 0 Å². The Morgan fingerprint density at radius 2 is 2.09 bits per heavy atom. The zero-order chi connectivity index (χ0) is 8.85. The van der Waals surface area contributed by atoms with Crippen molar-refractivity contribution >= 4 is 5.91 Å². The highest BCUT2D eigenvalue weighted by molar-refractivity contribution is 5.80. The summed E-state index contributed by atoms with van der Waals surface area (Å²) in [5.41, 5.74) is 0. The SMILES string of the molecule is CCC[C@@H](C)NC(=O)[C@@H](C)O. The minimum atomic E-state index is -0.894. The van der Waals surface area contributed by atoms with E-state index in [-0.39, 0.29) is 11.9 Å². The van der Waals surface area contributed by atoms with E-state index in [1.165, 1.54) is 6.92 Å². The molecular formula is C8H17NO2. The average molecular weight is 159 g/mol. The highest BCUT2D eigenvalue weighted by Crippen LogP contribution is 1.95. The van der Waals surface area contributed by atoms with Crippen LogP contribution < -0.4 is 5.32 Å². The van der Waals surface area contributed by atoms with Gasteiger partial charge >= 0.3 is 0 Å². The van der Waals surface area contributed by atoms with E-state index in [1.54, 1.807) is 0 Å². The van der Waals surface area contributed by atoms with Crippen LogP contribution in [0.5, 0.6) is 0 Å². The van der Waals surface area contributed by atoms with E-state index in [1.807, 2.05) is 6.92 Å². The van der Waals surface area contributed by atoms with Gasteiger partial charge in [-0.2, -0.15) is 0 Å². The molecule has 0 saturated carbocycles. The number of hydrogen-bond donors (Lipinski definition) is 2. The Labute approximate surface area is 67.8 Å². The van der Waals surface area contributed by atoms with Gasteiger partial charge in [0.25, 0.3) is 0 Å². The third-order valence-electron chi connectivity index (χ3n) is 1.49. The van der Waals surface area contributed by atoms with Gasteiger partial charge in [-0.3, -0.25) is 4.79 Å². The molecule has 11 heavy (non-hydrogen) atoms. The lowest BCUT2D eigenvalue weighted by Gasteiger charge is -2.13. The van der Waals surface area contributed by atoms with E-state index < -0.39 is 6.10 Å². The molecule has 66 valence electrons. The summed E-state index contributed by atoms with van der Waals surface area (Å²) in [6, 6.07) is 0.169. The Hall–Kier alpha value is -0.570. The summed E-state index contributed by atoms with van der Waals surface area (Å²) in [6.07, 6.45) is 1.11. The molecule has 3 nitrogen and oxygen atoms in total. The van der Waals surface area contributed by atoms with Crippen LogP contribution in [0.25, 0.3) is 0 Å². The lowest BCUT2D eigenvalue weighted by Crippen LogP contribution is -2.38. The fourth-order valence-corrected chi connectivity index (χ4v) is 0.869. The van der Waals surface area contributed by atoms with Gasteiger partial charge in [-0.1, -0.05) is 13.3 Å². The topological polar surface area (TPSA) is 49.3 Å². The molecule has 0 aliphatic heterocycles. The maximum Gasteiger partial charge on any atom is 0.248 e. The molecule has 0 aromatic carbocycles. The third kappa shape index (κ3) is 4.79. The van der Waals surface area contributed by atoms with Gasteiger partial charge in [-0.15, -0.1) is 0 Å². The number of carbonyl (C=O) groups excluding carboxylic acids is 1. The molecule has 0 unspecified atom stereocenters. The molecule has 3 heteroatoms. The lowest BCUT2D eigenvalue weighted by atomic mass is 10.2. The molecule has 0 fully saturated rings. The average Bonchev–Trinajstić information content (AvgIpc) is 1.87. The van der Waals surface area contributed by atoms with Crippen molar-refractivity contribution in [2.75, 3.05) is 0 Å². The molecule has 0 saturated heterocycles. The van der Waals surface area contributed by atoms with Crippen molar-refractivity contribution in [3.05, 3.63) is 0 Å². The summed E-state index contributed by atoms with van der Waals surface area (Å²) in [5.74, 6) is -0.286. The second kappa shape index (κ2) is 5.13. The molecule has 0 aromatic heterocycles. The third-order valence-corrected chi connectivity index (χ3v) is 1.49. The summed E-state index contributed by atoms with van der Waals surface area (Å²) < 4.78 is 0. The Bertz CT molecular complexity index is 123. The molecule has 0 radical (unpaired) electrons. The number of rotatable bonds is 4. The standard InChI is InChI=1S/C8H17NO2/c1-4-5-6(2)9-8(11)7(3)10/h6-7,10H,4-5H2,1-3H3,(H,9,11)/t6-,7-/m1/s1. The molecule has 0 heterocycles. The minimum absolute atomic E-state index is 0.169. The summed E-state index contributed by atoms with van der Waals surface area (Å²) in [6.45, 7) is 5.46. The molecule has 0 spiro atoms. The quantitative estimate of drug-likeness (QED) is 0.633. The van der Waals surface area contributed by atoms with Crippen LogP contribution in [-0.2, 0) is 4.79 Å². The zero-order valence-electron chi connectivity index (χ0n) is 7.42. The Kier molecular flexibility index (Phi) is 4.86. The van der Waals surface area contributed by atoms with Crippen LogP contribution >= 0.6 is 0 Å². The van der Waals surface area contributed by atoms with Crippen LogP contribution in [0.3, 0.4) is 0 Å². The number of carbonyl (C=O) groups is 1. The molecule has 1 amide bonds. The monoisotopic (exact) mass is 159 g/mol. The summed E-state index contributed by atoms with van der Waals surface area (Å²) in [7, 11) is 0. The zero-order valence-corrected chi connectivity index (χ0v) is 7.42. The van der Waals surface area contributed by atoms with Crippen LogP contribution in [0.15, 0.2) is 0 Å². The van der Waals surface area contributed by atoms with Gasteiger partial charge in [-0.05, 0) is 20.3 Å². The number of nitrogens with one attached hydrogen (secondary N) is 1.